The molecule has 8 nitrogen and oxygen atoms in total. The third-order valence-corrected chi connectivity index (χ3v) is 8.45. The third-order valence-electron chi connectivity index (χ3n) is 7.46. The molecular weight excluding hydrogens is 623 g/mol. The fourth-order valence-corrected chi connectivity index (χ4v) is 5.25. The number of hydrogen-bond donors (Lipinski definition) is 3. The number of unbranched alkanes of at least 4 members (excludes halogenated alkanes) is 9. The Morgan fingerprint density at radius 2 is 1.23 bits per heavy atom. The monoisotopic (exact) mass is 693 g/mol. The quantitative estimate of drug-likeness (QED) is 0.0289. The van der Waals surface area contributed by atoms with Crippen LogP contribution in [0.4, 0.5) is 0 Å². The summed E-state index contributed by atoms with van der Waals surface area (Å²) in [5.41, 5.74) is 0. The number of carbonyl (C=O) groups excluding carboxylic acids is 1. The highest BCUT2D eigenvalue weighted by Gasteiger charge is 2.27. The van der Waals surface area contributed by atoms with E-state index in [0.717, 1.165) is 44.9 Å². The topological polar surface area (TPSA) is 105 Å². The van der Waals surface area contributed by atoms with Gasteiger partial charge in [-0.15, -0.1) is 0 Å². The number of likely N-dealkylation sites (N-methyl/N-ethyl adjacent to an activating group) is 1. The summed E-state index contributed by atoms with van der Waals surface area (Å²) in [5.74, 6) is -0.310. The van der Waals surface area contributed by atoms with Gasteiger partial charge in [-0.2, -0.15) is 0 Å². The van der Waals surface area contributed by atoms with Crippen molar-refractivity contribution in [3.05, 3.63) is 72.9 Å². The standard InChI is InChI=1S/C39H69N2O6P/c1-6-8-10-12-14-16-18-19-20-21-23-25-27-29-31-33-39(43)40-37(36-47-48(44,45)46-35-34-41(3,4)5)38(42)32-30-28-26-24-22-17-15-13-11-9-7-2/h8,10,14,16,19-20,23,25,29-32,37-38,42H,6-7,9,11-13,15,17-18,21-22,24,26-28,33-36H2,1-5H3,(H-,40,43,44,45)/p+1/b10-8-,16-14-,20-19-,25-23-,31-29-,32-30+. The van der Waals surface area contributed by atoms with Crippen molar-refractivity contribution in [3.63, 3.8) is 0 Å². The third kappa shape index (κ3) is 32.5. The van der Waals surface area contributed by atoms with Gasteiger partial charge in [0.2, 0.25) is 5.91 Å². The number of aliphatic hydroxyl groups excluding tert-OH is 1. The summed E-state index contributed by atoms with van der Waals surface area (Å²) < 4.78 is 23.3. The Hall–Kier alpha value is -2.06. The Morgan fingerprint density at radius 1 is 0.729 bits per heavy atom. The average Bonchev–Trinajstić information content (AvgIpc) is 3.02. The minimum atomic E-state index is -4.35. The lowest BCUT2D eigenvalue weighted by Gasteiger charge is -2.25. The van der Waals surface area contributed by atoms with E-state index >= 15 is 0 Å². The summed E-state index contributed by atoms with van der Waals surface area (Å²) in [6.07, 6.45) is 40.0. The Morgan fingerprint density at radius 3 is 1.75 bits per heavy atom. The van der Waals surface area contributed by atoms with E-state index in [4.69, 9.17) is 9.05 Å². The zero-order chi connectivity index (χ0) is 35.8. The molecule has 0 aromatic carbocycles. The van der Waals surface area contributed by atoms with Crippen molar-refractivity contribution in [1.29, 1.82) is 0 Å². The number of quaternary nitrogens is 1. The highest BCUT2D eigenvalue weighted by atomic mass is 31.2. The number of aliphatic hydroxyl groups is 1. The van der Waals surface area contributed by atoms with Crippen LogP contribution >= 0.6 is 7.82 Å². The van der Waals surface area contributed by atoms with Crippen molar-refractivity contribution >= 4 is 13.7 Å². The van der Waals surface area contributed by atoms with Crippen LogP contribution in [0.15, 0.2) is 72.9 Å². The molecule has 0 saturated heterocycles. The number of amides is 1. The van der Waals surface area contributed by atoms with E-state index < -0.39 is 20.0 Å². The molecule has 9 heteroatoms. The van der Waals surface area contributed by atoms with Crippen LogP contribution in [0.5, 0.6) is 0 Å². The molecule has 0 aliphatic carbocycles. The minimum Gasteiger partial charge on any atom is -0.387 e. The fourth-order valence-electron chi connectivity index (χ4n) is 4.52. The van der Waals surface area contributed by atoms with E-state index in [1.807, 2.05) is 33.3 Å². The van der Waals surface area contributed by atoms with Gasteiger partial charge in [0, 0.05) is 6.42 Å². The van der Waals surface area contributed by atoms with Crippen LogP contribution in [0, 0.1) is 0 Å². The first-order valence-electron chi connectivity index (χ1n) is 18.3. The Balaban J connectivity index is 4.75. The summed E-state index contributed by atoms with van der Waals surface area (Å²) in [6, 6.07) is -0.901. The molecule has 0 bridgehead atoms. The summed E-state index contributed by atoms with van der Waals surface area (Å²) in [7, 11) is 1.50. The van der Waals surface area contributed by atoms with Crippen LogP contribution in [0.1, 0.15) is 117 Å². The predicted octanol–water partition coefficient (Wildman–Crippen LogP) is 9.29. The maximum absolute atomic E-state index is 12.7. The van der Waals surface area contributed by atoms with Crippen molar-refractivity contribution in [1.82, 2.24) is 5.32 Å². The first-order chi connectivity index (χ1) is 23.0. The lowest BCUT2D eigenvalue weighted by Crippen LogP contribution is -2.45. The number of allylic oxidation sites excluding steroid dienone is 10. The van der Waals surface area contributed by atoms with Gasteiger partial charge in [-0.25, -0.2) is 4.57 Å². The minimum absolute atomic E-state index is 0.0412. The maximum Gasteiger partial charge on any atom is 0.472 e. The van der Waals surface area contributed by atoms with Crippen LogP contribution in [-0.4, -0.2) is 73.4 Å². The van der Waals surface area contributed by atoms with Gasteiger partial charge in [0.05, 0.1) is 39.9 Å². The number of nitrogens with zero attached hydrogens (tertiary/aromatic N) is 1. The molecule has 0 radical (unpaired) electrons. The lowest BCUT2D eigenvalue weighted by atomic mass is 10.1. The molecule has 0 aliphatic rings. The molecule has 276 valence electrons. The second kappa shape index (κ2) is 31.0. The number of rotatable bonds is 31. The van der Waals surface area contributed by atoms with Gasteiger partial charge in [0.25, 0.3) is 0 Å². The molecule has 0 spiro atoms. The van der Waals surface area contributed by atoms with E-state index in [2.05, 4.69) is 67.8 Å². The fraction of sp³-hybridized carbons (Fsp3) is 0.667. The second-order valence-electron chi connectivity index (χ2n) is 13.2. The molecular formula is C39H70N2O6P+. The molecule has 3 N–H and O–H groups in total. The van der Waals surface area contributed by atoms with Crippen LogP contribution in [0.25, 0.3) is 0 Å². The number of phosphoric acid groups is 1. The summed E-state index contributed by atoms with van der Waals surface area (Å²) >= 11 is 0. The zero-order valence-electron chi connectivity index (χ0n) is 30.9. The van der Waals surface area contributed by atoms with Crippen molar-refractivity contribution in [2.24, 2.45) is 0 Å². The van der Waals surface area contributed by atoms with Crippen molar-refractivity contribution in [3.8, 4) is 0 Å². The highest BCUT2D eigenvalue weighted by Crippen LogP contribution is 2.43. The van der Waals surface area contributed by atoms with Crippen molar-refractivity contribution in [2.75, 3.05) is 40.9 Å². The summed E-state index contributed by atoms with van der Waals surface area (Å²) in [6.45, 7) is 4.56. The molecule has 0 saturated carbocycles. The maximum atomic E-state index is 12.7. The van der Waals surface area contributed by atoms with Gasteiger partial charge in [-0.3, -0.25) is 13.8 Å². The summed E-state index contributed by atoms with van der Waals surface area (Å²) in [4.78, 5) is 22.9. The van der Waals surface area contributed by atoms with Crippen LogP contribution in [0.3, 0.4) is 0 Å². The SMILES string of the molecule is CC/C=C\C/C=C\C/C=C\C/C=C\C/C=C\CC(=O)NC(COP(=O)(O)OCC[N+](C)(C)C)C(O)/C=C/CCCCCCCCCCC. The van der Waals surface area contributed by atoms with Crippen molar-refractivity contribution < 1.29 is 32.9 Å². The first kappa shape index (κ1) is 45.9. The smallest absolute Gasteiger partial charge is 0.387 e. The highest BCUT2D eigenvalue weighted by molar-refractivity contribution is 7.47. The molecule has 0 fully saturated rings. The molecule has 3 unspecified atom stereocenters. The number of carbonyl (C=O) groups is 1. The van der Waals surface area contributed by atoms with Gasteiger partial charge >= 0.3 is 7.82 Å². The Labute approximate surface area is 294 Å². The summed E-state index contributed by atoms with van der Waals surface area (Å²) in [5, 5.41) is 13.6. The number of phosphoric ester groups is 1. The van der Waals surface area contributed by atoms with E-state index in [1.54, 1.807) is 12.2 Å². The van der Waals surface area contributed by atoms with E-state index in [0.29, 0.717) is 17.4 Å². The van der Waals surface area contributed by atoms with Gasteiger partial charge in [0.1, 0.15) is 13.2 Å². The van der Waals surface area contributed by atoms with Crippen LogP contribution in [-0.2, 0) is 18.4 Å². The number of nitrogens with one attached hydrogen (secondary N) is 1. The Kier molecular flexibility index (Phi) is 29.6. The predicted molar refractivity (Wildman–Crippen MR) is 203 cm³/mol. The average molecular weight is 694 g/mol. The van der Waals surface area contributed by atoms with E-state index in [-0.39, 0.29) is 25.5 Å². The normalized spacial score (nSPS) is 15.6. The van der Waals surface area contributed by atoms with Gasteiger partial charge < -0.3 is 19.8 Å². The first-order valence-corrected chi connectivity index (χ1v) is 19.8. The molecule has 0 aromatic heterocycles. The molecule has 0 heterocycles. The molecule has 48 heavy (non-hydrogen) atoms. The van der Waals surface area contributed by atoms with Gasteiger partial charge in [-0.05, 0) is 44.9 Å². The lowest BCUT2D eigenvalue weighted by molar-refractivity contribution is -0.870. The van der Waals surface area contributed by atoms with Crippen molar-refractivity contribution in [2.45, 2.75) is 129 Å². The molecule has 0 aromatic rings. The molecule has 1 amide bonds. The zero-order valence-corrected chi connectivity index (χ0v) is 31.8. The molecule has 0 aliphatic heterocycles. The molecule has 3 atom stereocenters. The Bertz CT molecular complexity index is 1010. The van der Waals surface area contributed by atoms with Crippen LogP contribution < -0.4 is 5.32 Å². The van der Waals surface area contributed by atoms with Gasteiger partial charge in [-0.1, -0.05) is 138 Å². The van der Waals surface area contributed by atoms with Crippen LogP contribution in [0.2, 0.25) is 0 Å². The second-order valence-corrected chi connectivity index (χ2v) is 14.7. The largest absolute Gasteiger partial charge is 0.472 e. The van der Waals surface area contributed by atoms with E-state index in [9.17, 15) is 19.4 Å². The molecule has 0 rings (SSSR count). The van der Waals surface area contributed by atoms with E-state index in [1.165, 1.54) is 44.9 Å². The number of hydrogen-bond acceptors (Lipinski definition) is 5. The van der Waals surface area contributed by atoms with Gasteiger partial charge in [0.15, 0.2) is 0 Å².